The average Bonchev–Trinajstić information content (AvgIpc) is 2.86. The number of carbonyl (C=O) groups is 1. The van der Waals surface area contributed by atoms with E-state index in [1.54, 1.807) is 13.3 Å². The molecular formula is C18H29N3O3. The summed E-state index contributed by atoms with van der Waals surface area (Å²) < 4.78 is 11.2. The molecule has 0 radical (unpaired) electrons. The average molecular weight is 335 g/mol. The second kappa shape index (κ2) is 7.94. The van der Waals surface area contributed by atoms with Crippen molar-refractivity contribution in [3.05, 3.63) is 23.9 Å². The maximum Gasteiger partial charge on any atom is 0.223 e. The molecule has 0 bridgehead atoms. The van der Waals surface area contributed by atoms with Crippen LogP contribution in [0, 0.1) is 6.92 Å². The first kappa shape index (κ1) is 18.7. The Kier molecular flexibility index (Phi) is 6.18. The van der Waals surface area contributed by atoms with E-state index in [0.717, 1.165) is 18.4 Å². The smallest absolute Gasteiger partial charge is 0.223 e. The molecule has 1 aliphatic rings. The molecule has 6 nitrogen and oxygen atoms in total. The Hall–Kier alpha value is -1.66. The lowest BCUT2D eigenvalue weighted by molar-refractivity contribution is -0.133. The van der Waals surface area contributed by atoms with E-state index >= 15 is 0 Å². The fraction of sp³-hybridized carbons (Fsp3) is 0.667. The number of nitrogens with one attached hydrogen (secondary N) is 1. The van der Waals surface area contributed by atoms with Crippen LogP contribution < -0.4 is 10.1 Å². The van der Waals surface area contributed by atoms with E-state index in [0.29, 0.717) is 24.4 Å². The van der Waals surface area contributed by atoms with Gasteiger partial charge in [0.1, 0.15) is 6.61 Å². The lowest BCUT2D eigenvalue weighted by Gasteiger charge is -2.30. The van der Waals surface area contributed by atoms with Crippen LogP contribution in [0.4, 0.5) is 0 Å². The zero-order valence-corrected chi connectivity index (χ0v) is 15.3. The van der Waals surface area contributed by atoms with Gasteiger partial charge in [-0.05, 0) is 46.7 Å². The maximum atomic E-state index is 12.4. The van der Waals surface area contributed by atoms with Crippen molar-refractivity contribution in [2.75, 3.05) is 20.8 Å². The third kappa shape index (κ3) is 4.68. The fourth-order valence-electron chi connectivity index (χ4n) is 2.98. The van der Waals surface area contributed by atoms with Crippen LogP contribution in [0.2, 0.25) is 0 Å². The van der Waals surface area contributed by atoms with Crippen LogP contribution in [0.5, 0.6) is 5.88 Å². The first-order chi connectivity index (χ1) is 11.3. The fourth-order valence-corrected chi connectivity index (χ4v) is 2.98. The summed E-state index contributed by atoms with van der Waals surface area (Å²) in [5.74, 6) is 0.533. The van der Waals surface area contributed by atoms with Gasteiger partial charge in [-0.3, -0.25) is 4.79 Å². The van der Waals surface area contributed by atoms with Gasteiger partial charge in [0.2, 0.25) is 11.8 Å². The molecule has 1 aromatic rings. The number of amides is 1. The second-order valence-corrected chi connectivity index (χ2v) is 6.85. The van der Waals surface area contributed by atoms with Gasteiger partial charge in [0.05, 0.1) is 0 Å². The molecule has 3 atom stereocenters. The van der Waals surface area contributed by atoms with Crippen molar-refractivity contribution in [2.45, 2.75) is 57.8 Å². The molecule has 0 spiro atoms. The number of rotatable bonds is 7. The van der Waals surface area contributed by atoms with Crippen molar-refractivity contribution in [1.82, 2.24) is 15.2 Å². The molecule has 1 fully saturated rings. The standard InChI is InChI=1S/C18H29N3O3/c1-13-7-6-10-19-17(13)24-12-18(3,23-5)20-16(22)11-15-9-8-14(2)21(15)4/h6-7,10,14-15H,8-9,11-12H2,1-5H3,(H,20,22). The van der Waals surface area contributed by atoms with Gasteiger partial charge in [-0.1, -0.05) is 6.07 Å². The van der Waals surface area contributed by atoms with Crippen LogP contribution in [0.1, 0.15) is 38.7 Å². The van der Waals surface area contributed by atoms with Gasteiger partial charge in [-0.15, -0.1) is 0 Å². The number of aromatic nitrogens is 1. The monoisotopic (exact) mass is 335 g/mol. The quantitative estimate of drug-likeness (QED) is 0.773. The topological polar surface area (TPSA) is 63.7 Å². The highest BCUT2D eigenvalue weighted by molar-refractivity contribution is 5.77. The summed E-state index contributed by atoms with van der Waals surface area (Å²) in [4.78, 5) is 18.9. The first-order valence-electron chi connectivity index (χ1n) is 8.47. The third-order valence-electron chi connectivity index (χ3n) is 4.91. The molecule has 6 heteroatoms. The lowest BCUT2D eigenvalue weighted by atomic mass is 10.1. The Morgan fingerprint density at radius 3 is 2.83 bits per heavy atom. The molecule has 1 saturated heterocycles. The van der Waals surface area contributed by atoms with Crippen LogP contribution in [-0.2, 0) is 9.53 Å². The van der Waals surface area contributed by atoms with E-state index < -0.39 is 5.72 Å². The molecule has 1 aromatic heterocycles. The Labute approximate surface area is 144 Å². The summed E-state index contributed by atoms with van der Waals surface area (Å²) >= 11 is 0. The van der Waals surface area contributed by atoms with Crippen molar-refractivity contribution in [1.29, 1.82) is 0 Å². The summed E-state index contributed by atoms with van der Waals surface area (Å²) in [5, 5.41) is 2.95. The number of carbonyl (C=O) groups excluding carboxylic acids is 1. The van der Waals surface area contributed by atoms with E-state index in [1.165, 1.54) is 0 Å². The Morgan fingerprint density at radius 1 is 1.50 bits per heavy atom. The van der Waals surface area contributed by atoms with E-state index in [-0.39, 0.29) is 12.5 Å². The van der Waals surface area contributed by atoms with Crippen LogP contribution >= 0.6 is 0 Å². The molecule has 0 aliphatic carbocycles. The predicted octanol–water partition coefficient (Wildman–Crippen LogP) is 2.12. The Balaban J connectivity index is 1.89. The van der Waals surface area contributed by atoms with Gasteiger partial charge in [0.25, 0.3) is 0 Å². The molecule has 1 aliphatic heterocycles. The highest BCUT2D eigenvalue weighted by atomic mass is 16.5. The number of hydrogen-bond acceptors (Lipinski definition) is 5. The number of ether oxygens (including phenoxy) is 2. The number of pyridine rings is 1. The zero-order chi connectivity index (χ0) is 17.7. The normalized spacial score (nSPS) is 23.7. The maximum absolute atomic E-state index is 12.4. The van der Waals surface area contributed by atoms with Crippen LogP contribution in [0.25, 0.3) is 0 Å². The molecule has 1 N–H and O–H groups in total. The Bertz CT molecular complexity index is 566. The number of aryl methyl sites for hydroxylation is 1. The molecule has 3 unspecified atom stereocenters. The van der Waals surface area contributed by atoms with E-state index in [9.17, 15) is 4.79 Å². The van der Waals surface area contributed by atoms with Crippen molar-refractivity contribution >= 4 is 5.91 Å². The van der Waals surface area contributed by atoms with Gasteiger partial charge in [-0.25, -0.2) is 4.98 Å². The minimum atomic E-state index is -0.885. The van der Waals surface area contributed by atoms with Crippen molar-refractivity contribution in [3.8, 4) is 5.88 Å². The molecular weight excluding hydrogens is 306 g/mol. The number of hydrogen-bond donors (Lipinski definition) is 1. The SMILES string of the molecule is COC(C)(COc1ncccc1C)NC(=O)CC1CCC(C)N1C. The number of nitrogens with zero attached hydrogens (tertiary/aromatic N) is 2. The van der Waals surface area contributed by atoms with E-state index in [4.69, 9.17) is 9.47 Å². The molecule has 0 aromatic carbocycles. The van der Waals surface area contributed by atoms with Gasteiger partial charge >= 0.3 is 0 Å². The lowest BCUT2D eigenvalue weighted by Crippen LogP contribution is -2.52. The summed E-state index contributed by atoms with van der Waals surface area (Å²) in [6.07, 6.45) is 4.35. The summed E-state index contributed by atoms with van der Waals surface area (Å²) in [6, 6.07) is 4.62. The molecule has 0 saturated carbocycles. The second-order valence-electron chi connectivity index (χ2n) is 6.85. The van der Waals surface area contributed by atoms with Crippen LogP contribution in [0.3, 0.4) is 0 Å². The Morgan fingerprint density at radius 2 is 2.25 bits per heavy atom. The molecule has 2 rings (SSSR count). The van der Waals surface area contributed by atoms with E-state index in [2.05, 4.69) is 29.2 Å². The zero-order valence-electron chi connectivity index (χ0n) is 15.3. The van der Waals surface area contributed by atoms with Crippen molar-refractivity contribution in [2.24, 2.45) is 0 Å². The molecule has 24 heavy (non-hydrogen) atoms. The van der Waals surface area contributed by atoms with Gasteiger partial charge < -0.3 is 19.7 Å². The molecule has 2 heterocycles. The first-order valence-corrected chi connectivity index (χ1v) is 8.47. The number of likely N-dealkylation sites (tertiary alicyclic amines) is 1. The summed E-state index contributed by atoms with van der Waals surface area (Å²) in [5.41, 5.74) is 0.0629. The van der Waals surface area contributed by atoms with E-state index in [1.807, 2.05) is 26.0 Å². The molecule has 1 amide bonds. The number of methoxy groups -OCH3 is 1. The van der Waals surface area contributed by atoms with Crippen LogP contribution in [0.15, 0.2) is 18.3 Å². The third-order valence-corrected chi connectivity index (χ3v) is 4.91. The van der Waals surface area contributed by atoms with Gasteiger partial charge in [0, 0.05) is 37.4 Å². The van der Waals surface area contributed by atoms with Gasteiger partial charge in [0.15, 0.2) is 5.72 Å². The minimum absolute atomic E-state index is 0.0216. The van der Waals surface area contributed by atoms with Crippen LogP contribution in [-0.4, -0.2) is 54.4 Å². The van der Waals surface area contributed by atoms with Gasteiger partial charge in [-0.2, -0.15) is 0 Å². The summed E-state index contributed by atoms with van der Waals surface area (Å²) in [6.45, 7) is 6.14. The minimum Gasteiger partial charge on any atom is -0.472 e. The predicted molar refractivity (Wildman–Crippen MR) is 92.9 cm³/mol. The largest absolute Gasteiger partial charge is 0.472 e. The highest BCUT2D eigenvalue weighted by Gasteiger charge is 2.32. The molecule has 134 valence electrons. The highest BCUT2D eigenvalue weighted by Crippen LogP contribution is 2.24. The van der Waals surface area contributed by atoms with Crippen molar-refractivity contribution < 1.29 is 14.3 Å². The van der Waals surface area contributed by atoms with Crippen molar-refractivity contribution in [3.63, 3.8) is 0 Å². The summed E-state index contributed by atoms with van der Waals surface area (Å²) in [7, 11) is 3.65.